The van der Waals surface area contributed by atoms with E-state index in [0.717, 1.165) is 32.4 Å². The van der Waals surface area contributed by atoms with E-state index in [9.17, 15) is 4.79 Å². The van der Waals surface area contributed by atoms with Crippen LogP contribution in [0.2, 0.25) is 0 Å². The second-order valence-electron chi connectivity index (χ2n) is 4.62. The molecule has 0 aliphatic carbocycles. The summed E-state index contributed by atoms with van der Waals surface area (Å²) >= 11 is 0. The maximum Gasteiger partial charge on any atom is 0.234 e. The number of carbonyl (C=O) groups excluding carboxylic acids is 1. The second kappa shape index (κ2) is 8.44. The third-order valence-corrected chi connectivity index (χ3v) is 3.08. The van der Waals surface area contributed by atoms with E-state index in [1.165, 1.54) is 0 Å². The average Bonchev–Trinajstić information content (AvgIpc) is 2.35. The number of rotatable bonds is 7. The Kier molecular flexibility index (Phi) is 7.16. The molecule has 5 heteroatoms. The number of methoxy groups -OCH3 is 1. The molecule has 17 heavy (non-hydrogen) atoms. The van der Waals surface area contributed by atoms with Crippen LogP contribution in [-0.4, -0.2) is 62.4 Å². The van der Waals surface area contributed by atoms with Crippen molar-refractivity contribution in [2.45, 2.75) is 19.3 Å². The van der Waals surface area contributed by atoms with Crippen molar-refractivity contribution in [3.8, 4) is 0 Å². The van der Waals surface area contributed by atoms with Crippen molar-refractivity contribution in [2.75, 3.05) is 46.5 Å². The first-order valence-corrected chi connectivity index (χ1v) is 6.35. The molecule has 100 valence electrons. The molecule has 0 aromatic heterocycles. The normalized spacial score (nSPS) is 21.4. The third kappa shape index (κ3) is 6.00. The number of hydrogen-bond acceptors (Lipinski definition) is 4. The predicted octanol–water partition coefficient (Wildman–Crippen LogP) is -0.157. The van der Waals surface area contributed by atoms with Gasteiger partial charge in [0.25, 0.3) is 0 Å². The maximum atomic E-state index is 11.6. The number of ether oxygens (including phenoxy) is 1. The first-order chi connectivity index (χ1) is 8.26. The molecule has 1 saturated heterocycles. The van der Waals surface area contributed by atoms with E-state index in [2.05, 4.69) is 10.2 Å². The molecule has 1 rings (SSSR count). The standard InChI is InChI=1S/C12H24N2O3/c1-17-7-3-5-13-12(16)9-14-6-2-4-11(8-14)10-15/h11,15H,2-10H2,1H3,(H,13,16). The van der Waals surface area contributed by atoms with Crippen LogP contribution >= 0.6 is 0 Å². The highest BCUT2D eigenvalue weighted by molar-refractivity contribution is 5.77. The van der Waals surface area contributed by atoms with Crippen LogP contribution < -0.4 is 5.32 Å². The van der Waals surface area contributed by atoms with E-state index in [1.807, 2.05) is 0 Å². The quantitative estimate of drug-likeness (QED) is 0.611. The van der Waals surface area contributed by atoms with Crippen LogP contribution in [0.3, 0.4) is 0 Å². The van der Waals surface area contributed by atoms with Crippen LogP contribution in [0.25, 0.3) is 0 Å². The Morgan fingerprint density at radius 3 is 3.12 bits per heavy atom. The number of nitrogens with zero attached hydrogens (tertiary/aromatic N) is 1. The van der Waals surface area contributed by atoms with Crippen LogP contribution in [0.1, 0.15) is 19.3 Å². The summed E-state index contributed by atoms with van der Waals surface area (Å²) < 4.78 is 4.91. The van der Waals surface area contributed by atoms with Crippen molar-refractivity contribution in [1.82, 2.24) is 10.2 Å². The van der Waals surface area contributed by atoms with Gasteiger partial charge in [-0.2, -0.15) is 0 Å². The Morgan fingerprint density at radius 2 is 2.41 bits per heavy atom. The highest BCUT2D eigenvalue weighted by Gasteiger charge is 2.20. The van der Waals surface area contributed by atoms with Gasteiger partial charge in [0.2, 0.25) is 5.91 Å². The molecular weight excluding hydrogens is 220 g/mol. The monoisotopic (exact) mass is 244 g/mol. The minimum Gasteiger partial charge on any atom is -0.396 e. The number of hydrogen-bond donors (Lipinski definition) is 2. The van der Waals surface area contributed by atoms with Crippen molar-refractivity contribution >= 4 is 5.91 Å². The van der Waals surface area contributed by atoms with Gasteiger partial charge in [-0.05, 0) is 31.7 Å². The molecule has 0 aromatic carbocycles. The zero-order chi connectivity index (χ0) is 12.5. The summed E-state index contributed by atoms with van der Waals surface area (Å²) in [5.74, 6) is 0.407. The Bertz CT molecular complexity index is 224. The lowest BCUT2D eigenvalue weighted by Crippen LogP contribution is -2.43. The van der Waals surface area contributed by atoms with Gasteiger partial charge in [-0.25, -0.2) is 0 Å². The molecule has 0 saturated carbocycles. The SMILES string of the molecule is COCCCNC(=O)CN1CCCC(CO)C1. The molecule has 0 radical (unpaired) electrons. The van der Waals surface area contributed by atoms with Crippen molar-refractivity contribution in [3.05, 3.63) is 0 Å². The minimum absolute atomic E-state index is 0.0692. The van der Waals surface area contributed by atoms with Crippen molar-refractivity contribution in [2.24, 2.45) is 5.92 Å². The summed E-state index contributed by atoms with van der Waals surface area (Å²) in [6.07, 6.45) is 2.99. The van der Waals surface area contributed by atoms with Gasteiger partial charge in [-0.15, -0.1) is 0 Å². The number of aliphatic hydroxyl groups is 1. The first-order valence-electron chi connectivity index (χ1n) is 6.35. The van der Waals surface area contributed by atoms with Crippen LogP contribution in [0.15, 0.2) is 0 Å². The number of aliphatic hydroxyl groups excluding tert-OH is 1. The smallest absolute Gasteiger partial charge is 0.234 e. The van der Waals surface area contributed by atoms with E-state index < -0.39 is 0 Å². The molecule has 1 amide bonds. The molecule has 1 fully saturated rings. The van der Waals surface area contributed by atoms with Crippen LogP contribution in [0.5, 0.6) is 0 Å². The summed E-state index contributed by atoms with van der Waals surface area (Å²) in [5.41, 5.74) is 0. The number of likely N-dealkylation sites (tertiary alicyclic amines) is 1. The molecule has 0 bridgehead atoms. The Morgan fingerprint density at radius 1 is 1.59 bits per heavy atom. The Labute approximate surface area is 103 Å². The molecule has 1 unspecified atom stereocenters. The van der Waals surface area contributed by atoms with Crippen molar-refractivity contribution in [1.29, 1.82) is 0 Å². The van der Waals surface area contributed by atoms with E-state index in [0.29, 0.717) is 25.6 Å². The van der Waals surface area contributed by atoms with Crippen LogP contribution in [0.4, 0.5) is 0 Å². The van der Waals surface area contributed by atoms with Crippen molar-refractivity contribution in [3.63, 3.8) is 0 Å². The van der Waals surface area contributed by atoms with Crippen LogP contribution in [0, 0.1) is 5.92 Å². The van der Waals surface area contributed by atoms with Gasteiger partial charge in [0.05, 0.1) is 6.54 Å². The highest BCUT2D eigenvalue weighted by atomic mass is 16.5. The fourth-order valence-electron chi connectivity index (χ4n) is 2.15. The van der Waals surface area contributed by atoms with Gasteiger partial charge in [-0.3, -0.25) is 9.69 Å². The van der Waals surface area contributed by atoms with Crippen molar-refractivity contribution < 1.29 is 14.6 Å². The molecular formula is C12H24N2O3. The van der Waals surface area contributed by atoms with Gasteiger partial charge in [0.1, 0.15) is 0 Å². The summed E-state index contributed by atoms with van der Waals surface area (Å²) in [7, 11) is 1.66. The van der Waals surface area contributed by atoms with Gasteiger partial charge >= 0.3 is 0 Å². The predicted molar refractivity (Wildman–Crippen MR) is 65.8 cm³/mol. The van der Waals surface area contributed by atoms with Gasteiger partial charge in [0.15, 0.2) is 0 Å². The summed E-state index contributed by atoms with van der Waals surface area (Å²) in [6, 6.07) is 0. The van der Waals surface area contributed by atoms with Crippen LogP contribution in [-0.2, 0) is 9.53 Å². The number of piperidine rings is 1. The van der Waals surface area contributed by atoms with E-state index in [-0.39, 0.29) is 12.5 Å². The molecule has 5 nitrogen and oxygen atoms in total. The molecule has 2 N–H and O–H groups in total. The highest BCUT2D eigenvalue weighted by Crippen LogP contribution is 2.14. The zero-order valence-electron chi connectivity index (χ0n) is 10.7. The second-order valence-corrected chi connectivity index (χ2v) is 4.62. The largest absolute Gasteiger partial charge is 0.396 e. The lowest BCUT2D eigenvalue weighted by molar-refractivity contribution is -0.122. The topological polar surface area (TPSA) is 61.8 Å². The van der Waals surface area contributed by atoms with Gasteiger partial charge < -0.3 is 15.2 Å². The zero-order valence-corrected chi connectivity index (χ0v) is 10.7. The molecule has 0 aromatic rings. The van der Waals surface area contributed by atoms with E-state index in [4.69, 9.17) is 9.84 Å². The number of amides is 1. The van der Waals surface area contributed by atoms with Gasteiger partial charge in [-0.1, -0.05) is 0 Å². The Balaban J connectivity index is 2.12. The molecule has 1 aliphatic heterocycles. The minimum atomic E-state index is 0.0692. The summed E-state index contributed by atoms with van der Waals surface area (Å²) in [6.45, 7) is 3.82. The number of nitrogens with one attached hydrogen (secondary N) is 1. The summed E-state index contributed by atoms with van der Waals surface area (Å²) in [5, 5.41) is 12.0. The lowest BCUT2D eigenvalue weighted by Gasteiger charge is -2.31. The van der Waals surface area contributed by atoms with E-state index >= 15 is 0 Å². The molecule has 1 aliphatic rings. The fourth-order valence-corrected chi connectivity index (χ4v) is 2.15. The third-order valence-electron chi connectivity index (χ3n) is 3.08. The molecule has 1 atom stereocenters. The first kappa shape index (κ1) is 14.4. The molecule has 0 spiro atoms. The average molecular weight is 244 g/mol. The fraction of sp³-hybridized carbons (Fsp3) is 0.917. The van der Waals surface area contributed by atoms with E-state index in [1.54, 1.807) is 7.11 Å². The maximum absolute atomic E-state index is 11.6. The van der Waals surface area contributed by atoms with Gasteiger partial charge in [0, 0.05) is 33.4 Å². The Hall–Kier alpha value is -0.650. The summed E-state index contributed by atoms with van der Waals surface area (Å²) in [4.78, 5) is 13.7. The lowest BCUT2D eigenvalue weighted by atomic mass is 9.99. The molecule has 1 heterocycles. The number of carbonyl (C=O) groups is 1.